The van der Waals surface area contributed by atoms with Gasteiger partial charge in [-0.3, -0.25) is 4.98 Å². The molecule has 0 spiro atoms. The van der Waals surface area contributed by atoms with Crippen molar-refractivity contribution in [1.29, 1.82) is 0 Å². The minimum Gasteiger partial charge on any atom is -0.358 e. The molecule has 0 saturated heterocycles. The van der Waals surface area contributed by atoms with Crippen LogP contribution in [0.3, 0.4) is 0 Å². The number of hydrogen-bond acceptors (Lipinski definition) is 5. The van der Waals surface area contributed by atoms with Crippen LogP contribution in [0.5, 0.6) is 0 Å². The number of nitrogens with zero attached hydrogens (tertiary/aromatic N) is 3. The van der Waals surface area contributed by atoms with Crippen molar-refractivity contribution in [2.24, 2.45) is 0 Å². The Balaban J connectivity index is 1.68. The molecule has 25 heavy (non-hydrogen) atoms. The highest BCUT2D eigenvalue weighted by Gasteiger charge is 2.05. The summed E-state index contributed by atoms with van der Waals surface area (Å²) >= 11 is 3.40. The van der Waals surface area contributed by atoms with Crippen LogP contribution < -0.4 is 10.6 Å². The highest BCUT2D eigenvalue weighted by molar-refractivity contribution is 9.10. The SMILES string of the molecule is C#CCNc1nc(Nc2ccc(Cc3ccncc3)cc2)ncc1Br. The van der Waals surface area contributed by atoms with E-state index in [1.165, 1.54) is 11.1 Å². The fourth-order valence-electron chi connectivity index (χ4n) is 2.26. The van der Waals surface area contributed by atoms with Crippen molar-refractivity contribution < 1.29 is 0 Å². The minimum atomic E-state index is 0.402. The van der Waals surface area contributed by atoms with Crippen LogP contribution in [0.1, 0.15) is 11.1 Å². The lowest BCUT2D eigenvalue weighted by molar-refractivity contribution is 1.13. The van der Waals surface area contributed by atoms with E-state index in [0.29, 0.717) is 18.3 Å². The van der Waals surface area contributed by atoms with Crippen molar-refractivity contribution in [2.75, 3.05) is 17.2 Å². The summed E-state index contributed by atoms with van der Waals surface area (Å²) in [4.78, 5) is 12.7. The monoisotopic (exact) mass is 393 g/mol. The van der Waals surface area contributed by atoms with E-state index in [1.807, 2.05) is 36.7 Å². The lowest BCUT2D eigenvalue weighted by Gasteiger charge is -2.09. The number of anilines is 3. The van der Waals surface area contributed by atoms with E-state index in [9.17, 15) is 0 Å². The first-order chi connectivity index (χ1) is 12.2. The Labute approximate surface area is 155 Å². The summed E-state index contributed by atoms with van der Waals surface area (Å²) < 4.78 is 0.765. The lowest BCUT2D eigenvalue weighted by Crippen LogP contribution is -2.05. The Morgan fingerprint density at radius 1 is 1.04 bits per heavy atom. The molecule has 2 N–H and O–H groups in total. The summed E-state index contributed by atoms with van der Waals surface area (Å²) in [7, 11) is 0. The van der Waals surface area contributed by atoms with Crippen molar-refractivity contribution >= 4 is 33.4 Å². The van der Waals surface area contributed by atoms with E-state index in [4.69, 9.17) is 6.42 Å². The summed E-state index contributed by atoms with van der Waals surface area (Å²) in [6.45, 7) is 0.402. The average molecular weight is 394 g/mol. The van der Waals surface area contributed by atoms with Crippen LogP contribution in [-0.4, -0.2) is 21.5 Å². The first-order valence-electron chi connectivity index (χ1n) is 7.69. The molecular formula is C19H16BrN5. The Hall–Kier alpha value is -2.91. The molecule has 2 heterocycles. The number of benzene rings is 1. The predicted molar refractivity (Wildman–Crippen MR) is 104 cm³/mol. The maximum atomic E-state index is 5.27. The molecule has 0 amide bonds. The third-order valence-electron chi connectivity index (χ3n) is 3.47. The second-order valence-corrected chi connectivity index (χ2v) is 6.16. The van der Waals surface area contributed by atoms with E-state index in [1.54, 1.807) is 6.20 Å². The number of hydrogen-bond donors (Lipinski definition) is 2. The van der Waals surface area contributed by atoms with Crippen LogP contribution in [0.4, 0.5) is 17.5 Å². The molecule has 0 aliphatic carbocycles. The Morgan fingerprint density at radius 2 is 1.76 bits per heavy atom. The number of halogens is 1. The molecular weight excluding hydrogens is 378 g/mol. The van der Waals surface area contributed by atoms with Gasteiger partial charge >= 0.3 is 0 Å². The van der Waals surface area contributed by atoms with E-state index >= 15 is 0 Å². The topological polar surface area (TPSA) is 62.7 Å². The van der Waals surface area contributed by atoms with Gasteiger partial charge in [0.1, 0.15) is 5.82 Å². The van der Waals surface area contributed by atoms with Crippen LogP contribution in [-0.2, 0) is 6.42 Å². The zero-order chi connectivity index (χ0) is 17.5. The van der Waals surface area contributed by atoms with Crippen LogP contribution in [0, 0.1) is 12.3 Å². The smallest absolute Gasteiger partial charge is 0.229 e. The van der Waals surface area contributed by atoms with Crippen LogP contribution >= 0.6 is 15.9 Å². The second-order valence-electron chi connectivity index (χ2n) is 5.30. The summed E-state index contributed by atoms with van der Waals surface area (Å²) in [6, 6.07) is 12.2. The Morgan fingerprint density at radius 3 is 2.48 bits per heavy atom. The summed E-state index contributed by atoms with van der Waals surface area (Å²) in [5.74, 6) is 3.68. The third kappa shape index (κ3) is 4.78. The Kier molecular flexibility index (Phi) is 5.60. The molecule has 0 atom stereocenters. The van der Waals surface area contributed by atoms with Gasteiger partial charge in [0.25, 0.3) is 0 Å². The number of aromatic nitrogens is 3. The molecule has 0 saturated carbocycles. The van der Waals surface area contributed by atoms with Crippen LogP contribution in [0.15, 0.2) is 59.5 Å². The van der Waals surface area contributed by atoms with Crippen molar-refractivity contribution in [3.05, 3.63) is 70.6 Å². The fraction of sp³-hybridized carbons (Fsp3) is 0.105. The van der Waals surface area contributed by atoms with E-state index < -0.39 is 0 Å². The Bertz CT molecular complexity index is 873. The highest BCUT2D eigenvalue weighted by Crippen LogP contribution is 2.22. The van der Waals surface area contributed by atoms with Gasteiger partial charge in [0.2, 0.25) is 5.95 Å². The maximum absolute atomic E-state index is 5.27. The maximum Gasteiger partial charge on any atom is 0.229 e. The highest BCUT2D eigenvalue weighted by atomic mass is 79.9. The molecule has 1 aromatic carbocycles. The van der Waals surface area contributed by atoms with Gasteiger partial charge in [-0.1, -0.05) is 18.1 Å². The quantitative estimate of drug-likeness (QED) is 0.619. The van der Waals surface area contributed by atoms with Gasteiger partial charge in [-0.2, -0.15) is 4.98 Å². The minimum absolute atomic E-state index is 0.402. The third-order valence-corrected chi connectivity index (χ3v) is 4.05. The number of nitrogens with one attached hydrogen (secondary N) is 2. The van der Waals surface area contributed by atoms with E-state index in [0.717, 1.165) is 16.6 Å². The fourth-order valence-corrected chi connectivity index (χ4v) is 2.59. The van der Waals surface area contributed by atoms with Gasteiger partial charge in [0.15, 0.2) is 0 Å². The number of rotatable bonds is 6. The predicted octanol–water partition coefficient (Wildman–Crippen LogP) is 4.01. The molecule has 0 aliphatic heterocycles. The lowest BCUT2D eigenvalue weighted by atomic mass is 10.1. The first-order valence-corrected chi connectivity index (χ1v) is 8.48. The van der Waals surface area contributed by atoms with Gasteiger partial charge in [0.05, 0.1) is 11.0 Å². The molecule has 3 rings (SSSR count). The molecule has 0 aliphatic rings. The van der Waals surface area contributed by atoms with Gasteiger partial charge in [-0.25, -0.2) is 4.98 Å². The van der Waals surface area contributed by atoms with Gasteiger partial charge in [-0.05, 0) is 57.7 Å². The van der Waals surface area contributed by atoms with Crippen LogP contribution in [0.2, 0.25) is 0 Å². The number of terminal acetylenes is 1. The summed E-state index contributed by atoms with van der Waals surface area (Å²) in [6.07, 6.45) is 11.4. The number of pyridine rings is 1. The van der Waals surface area contributed by atoms with Crippen LogP contribution in [0.25, 0.3) is 0 Å². The molecule has 0 radical (unpaired) electrons. The molecule has 0 fully saturated rings. The van der Waals surface area contributed by atoms with Crippen molar-refractivity contribution in [2.45, 2.75) is 6.42 Å². The van der Waals surface area contributed by atoms with Crippen molar-refractivity contribution in [3.63, 3.8) is 0 Å². The van der Waals surface area contributed by atoms with Crippen molar-refractivity contribution in [1.82, 2.24) is 15.0 Å². The first kappa shape index (κ1) is 16.9. The molecule has 2 aromatic heterocycles. The standard InChI is InChI=1S/C19H16BrN5/c1-2-9-22-18-17(20)13-23-19(25-18)24-16-5-3-14(4-6-16)12-15-7-10-21-11-8-15/h1,3-8,10-11,13H,9,12H2,(H2,22,23,24,25). The summed E-state index contributed by atoms with van der Waals surface area (Å²) in [5.41, 5.74) is 3.38. The van der Waals surface area contributed by atoms with Gasteiger partial charge in [-0.15, -0.1) is 6.42 Å². The molecule has 0 unspecified atom stereocenters. The summed E-state index contributed by atoms with van der Waals surface area (Å²) in [5, 5.41) is 6.24. The molecule has 5 nitrogen and oxygen atoms in total. The van der Waals surface area contributed by atoms with Gasteiger partial charge in [0, 0.05) is 24.3 Å². The molecule has 124 valence electrons. The normalized spacial score (nSPS) is 10.1. The zero-order valence-electron chi connectivity index (χ0n) is 13.4. The molecule has 0 bridgehead atoms. The zero-order valence-corrected chi connectivity index (χ0v) is 15.0. The van der Waals surface area contributed by atoms with Gasteiger partial charge < -0.3 is 10.6 Å². The average Bonchev–Trinajstić information content (AvgIpc) is 2.64. The van der Waals surface area contributed by atoms with E-state index in [2.05, 4.69) is 59.6 Å². The van der Waals surface area contributed by atoms with Crippen molar-refractivity contribution in [3.8, 4) is 12.3 Å². The largest absolute Gasteiger partial charge is 0.358 e. The molecule has 6 heteroatoms. The molecule has 3 aromatic rings. The van der Waals surface area contributed by atoms with E-state index in [-0.39, 0.29) is 0 Å². The second kappa shape index (κ2) is 8.27.